The fraction of sp³-hybridized carbons (Fsp3) is 0.925. The number of hydrogen-bond donors (Lipinski definition) is 0. The summed E-state index contributed by atoms with van der Waals surface area (Å²) < 4.78 is 35.5. The second kappa shape index (κ2) is 21.6. The fourth-order valence-corrected chi connectivity index (χ4v) is 17.6. The highest BCUT2D eigenvalue weighted by Crippen LogP contribution is 2.60. The summed E-state index contributed by atoms with van der Waals surface area (Å²) in [7, 11) is -7.67. The molecule has 0 saturated heterocycles. The highest BCUT2D eigenvalue weighted by Gasteiger charge is 2.51. The Labute approximate surface area is 391 Å². The first kappa shape index (κ1) is 56.5. The molecule has 0 unspecified atom stereocenters. The zero-order valence-electron chi connectivity index (χ0n) is 45.5. The molecule has 0 aromatic heterocycles. The van der Waals surface area contributed by atoms with Crippen LogP contribution in [0, 0.1) is 23.2 Å². The van der Waals surface area contributed by atoms with E-state index in [9.17, 15) is 0 Å². The molecule has 0 amide bonds. The van der Waals surface area contributed by atoms with Gasteiger partial charge in [0, 0.05) is 13.2 Å². The van der Waals surface area contributed by atoms with Crippen molar-refractivity contribution in [3.05, 3.63) is 23.3 Å². The molecule has 5 nitrogen and oxygen atoms in total. The molecule has 0 radical (unpaired) electrons. The van der Waals surface area contributed by atoms with Gasteiger partial charge in [0.25, 0.3) is 0 Å². The first-order valence-corrected chi connectivity index (χ1v) is 37.2. The predicted molar refractivity (Wildman–Crippen MR) is 281 cm³/mol. The summed E-state index contributed by atoms with van der Waals surface area (Å²) in [6.45, 7) is 54.0. The van der Waals surface area contributed by atoms with Crippen LogP contribution in [0.5, 0.6) is 0 Å². The Morgan fingerprint density at radius 3 is 1.69 bits per heavy atom. The van der Waals surface area contributed by atoms with E-state index in [0.717, 1.165) is 37.7 Å². The molecular formula is C53H106O5Si4. The van der Waals surface area contributed by atoms with Crippen LogP contribution in [-0.2, 0) is 22.4 Å². The quantitative estimate of drug-likeness (QED) is 0.0848. The summed E-state index contributed by atoms with van der Waals surface area (Å²) in [5.41, 5.74) is 3.56. The van der Waals surface area contributed by atoms with Gasteiger partial charge in [0.15, 0.2) is 33.3 Å². The first-order valence-electron chi connectivity index (χ1n) is 25.9. The van der Waals surface area contributed by atoms with Crippen LogP contribution in [0.3, 0.4) is 0 Å². The maximum absolute atomic E-state index is 7.44. The summed E-state index contributed by atoms with van der Waals surface area (Å²) in [6, 6.07) is 3.69. The summed E-state index contributed by atoms with van der Waals surface area (Å²) in [4.78, 5) is 0. The molecule has 9 heteroatoms. The van der Waals surface area contributed by atoms with Crippen LogP contribution in [-0.4, -0.2) is 70.4 Å². The second-order valence-corrected chi connectivity index (χ2v) is 45.2. The lowest BCUT2D eigenvalue weighted by Gasteiger charge is -2.48. The van der Waals surface area contributed by atoms with Gasteiger partial charge in [-0.05, 0) is 167 Å². The van der Waals surface area contributed by atoms with Crippen LogP contribution in [0.4, 0.5) is 0 Å². The van der Waals surface area contributed by atoms with Gasteiger partial charge < -0.3 is 22.4 Å². The Bertz CT molecular complexity index is 1410. The molecule has 0 spiro atoms. The standard InChI is InChI=1S/C53H106O5Si4/c1-23-62(24-2,25-3)58-52(14,15)35-26-29-41(4)44-33-34-45-43(30-27-36-53(44,45)16)32-31-42-39-46(56-60(19,20)50(8,9)10)48(47(40-42)57-61(21,22)51(11,12)13)54-37-28-38-55-59(17,18)49(5,6)7/h31-32,41,44-48H,23-30,33-40H2,1-22H3/b42-31?,43-32+/t41-,44-,45+,46-,47-,48?,53-/m1/s1. The summed E-state index contributed by atoms with van der Waals surface area (Å²) in [6.07, 6.45) is 18.1. The lowest BCUT2D eigenvalue weighted by Crippen LogP contribution is -2.56. The average Bonchev–Trinajstić information content (AvgIpc) is 3.49. The third-order valence-electron chi connectivity index (χ3n) is 18.2. The lowest BCUT2D eigenvalue weighted by molar-refractivity contribution is -0.102. The molecule has 0 N–H and O–H groups in total. The van der Waals surface area contributed by atoms with E-state index in [-0.39, 0.29) is 39.0 Å². The first-order chi connectivity index (χ1) is 28.2. The SMILES string of the molecule is CC[Si](CC)(CC)OC(C)(C)CCC[C@@H](C)[C@H]1CC[C@H]2/C(=C/C=C3C[C@@H](O[Si](C)(C)C(C)(C)C)C(OCCCO[Si](C)(C)C(C)(C)C)[C@H](O[Si](C)(C)C(C)(C)C)C3)CCC[C@]12C. The number of rotatable bonds is 21. The van der Waals surface area contributed by atoms with Crippen molar-refractivity contribution in [3.8, 4) is 0 Å². The van der Waals surface area contributed by atoms with E-state index >= 15 is 0 Å². The van der Waals surface area contributed by atoms with E-state index in [1.54, 1.807) is 5.57 Å². The summed E-state index contributed by atoms with van der Waals surface area (Å²) in [5.74, 6) is 2.24. The predicted octanol–water partition coefficient (Wildman–Crippen LogP) is 17.0. The minimum atomic E-state index is -2.12. The van der Waals surface area contributed by atoms with Crippen LogP contribution in [0.15, 0.2) is 23.3 Å². The molecule has 3 fully saturated rings. The Balaban J connectivity index is 1.88. The van der Waals surface area contributed by atoms with E-state index in [0.29, 0.717) is 17.9 Å². The van der Waals surface area contributed by atoms with Crippen molar-refractivity contribution >= 4 is 33.3 Å². The van der Waals surface area contributed by atoms with E-state index in [1.165, 1.54) is 75.1 Å². The number of fused-ring (bicyclic) bond motifs is 1. The third-order valence-corrected chi connectivity index (χ3v) is 36.6. The lowest BCUT2D eigenvalue weighted by atomic mass is 9.60. The summed E-state index contributed by atoms with van der Waals surface area (Å²) >= 11 is 0. The van der Waals surface area contributed by atoms with Gasteiger partial charge in [-0.2, -0.15) is 0 Å². The van der Waals surface area contributed by atoms with Gasteiger partial charge in [-0.25, -0.2) is 0 Å². The fourth-order valence-electron chi connectivity index (χ4n) is 10.7. The number of ether oxygens (including phenoxy) is 1. The van der Waals surface area contributed by atoms with Gasteiger partial charge in [0.05, 0.1) is 17.8 Å². The molecule has 3 aliphatic rings. The Morgan fingerprint density at radius 2 is 1.21 bits per heavy atom. The van der Waals surface area contributed by atoms with Crippen molar-refractivity contribution in [2.45, 2.75) is 278 Å². The van der Waals surface area contributed by atoms with Crippen molar-refractivity contribution in [1.29, 1.82) is 0 Å². The molecule has 0 bridgehead atoms. The molecule has 364 valence electrons. The Kier molecular flexibility index (Phi) is 19.7. The van der Waals surface area contributed by atoms with Crippen LogP contribution in [0.25, 0.3) is 0 Å². The van der Waals surface area contributed by atoms with Crippen molar-refractivity contribution in [3.63, 3.8) is 0 Å². The minimum absolute atomic E-state index is 0.0152. The van der Waals surface area contributed by atoms with Gasteiger partial charge in [-0.3, -0.25) is 0 Å². The number of hydrogen-bond acceptors (Lipinski definition) is 5. The highest BCUT2D eigenvalue weighted by atomic mass is 28.4. The largest absolute Gasteiger partial charge is 0.417 e. The minimum Gasteiger partial charge on any atom is -0.417 e. The normalized spacial score (nSPS) is 27.5. The van der Waals surface area contributed by atoms with Gasteiger partial charge >= 0.3 is 0 Å². The van der Waals surface area contributed by atoms with Crippen LogP contribution in [0.1, 0.15) is 181 Å². The molecular weight excluding hydrogens is 829 g/mol. The smallest absolute Gasteiger partial charge is 0.192 e. The Morgan fingerprint density at radius 1 is 0.694 bits per heavy atom. The molecule has 3 saturated carbocycles. The van der Waals surface area contributed by atoms with E-state index in [2.05, 4.69) is 162 Å². The molecule has 6 atom stereocenters. The zero-order chi connectivity index (χ0) is 47.4. The maximum Gasteiger partial charge on any atom is 0.192 e. The van der Waals surface area contributed by atoms with Crippen LogP contribution >= 0.6 is 0 Å². The van der Waals surface area contributed by atoms with Gasteiger partial charge in [-0.1, -0.05) is 133 Å². The topological polar surface area (TPSA) is 46.2 Å². The molecule has 3 rings (SSSR count). The van der Waals surface area contributed by atoms with Crippen LogP contribution in [0.2, 0.25) is 72.5 Å². The second-order valence-electron chi connectivity index (χ2n) is 26.2. The van der Waals surface area contributed by atoms with Gasteiger partial charge in [0.2, 0.25) is 0 Å². The molecule has 0 aromatic carbocycles. The van der Waals surface area contributed by atoms with Crippen LogP contribution < -0.4 is 0 Å². The monoisotopic (exact) mass is 935 g/mol. The van der Waals surface area contributed by atoms with E-state index in [4.69, 9.17) is 22.4 Å². The Hall–Kier alpha value is 0.148. The van der Waals surface area contributed by atoms with E-state index < -0.39 is 33.3 Å². The van der Waals surface area contributed by atoms with Gasteiger partial charge in [0.1, 0.15) is 6.10 Å². The zero-order valence-corrected chi connectivity index (χ0v) is 49.5. The molecule has 0 aromatic rings. The van der Waals surface area contributed by atoms with E-state index in [1.807, 2.05) is 0 Å². The average molecular weight is 936 g/mol. The highest BCUT2D eigenvalue weighted by molar-refractivity contribution is 6.75. The molecule has 0 heterocycles. The van der Waals surface area contributed by atoms with Crippen molar-refractivity contribution in [2.24, 2.45) is 23.2 Å². The van der Waals surface area contributed by atoms with Crippen molar-refractivity contribution in [1.82, 2.24) is 0 Å². The molecule has 3 aliphatic carbocycles. The third kappa shape index (κ3) is 14.3. The maximum atomic E-state index is 7.44. The van der Waals surface area contributed by atoms with Crippen molar-refractivity contribution in [2.75, 3.05) is 13.2 Å². The summed E-state index contributed by atoms with van der Waals surface area (Å²) in [5, 5.41) is 0.410. The molecule has 62 heavy (non-hydrogen) atoms. The van der Waals surface area contributed by atoms with Crippen molar-refractivity contribution < 1.29 is 22.4 Å². The number of allylic oxidation sites excluding steroid dienone is 3. The van der Waals surface area contributed by atoms with Gasteiger partial charge in [-0.15, -0.1) is 0 Å². The molecule has 0 aliphatic heterocycles.